The fourth-order valence-corrected chi connectivity index (χ4v) is 1.68. The van der Waals surface area contributed by atoms with E-state index in [1.807, 2.05) is 6.92 Å². The van der Waals surface area contributed by atoms with Crippen LogP contribution >= 0.6 is 0 Å². The van der Waals surface area contributed by atoms with E-state index in [4.69, 9.17) is 0 Å². The minimum Gasteiger partial charge on any atom is -0.382 e. The van der Waals surface area contributed by atoms with E-state index < -0.39 is 0 Å². The van der Waals surface area contributed by atoms with Gasteiger partial charge in [0.25, 0.3) is 0 Å². The van der Waals surface area contributed by atoms with Crippen LogP contribution in [0.2, 0.25) is 0 Å². The Labute approximate surface area is 75.6 Å². The van der Waals surface area contributed by atoms with Gasteiger partial charge >= 0.3 is 0 Å². The molecule has 3 unspecified atom stereocenters. The van der Waals surface area contributed by atoms with E-state index >= 15 is 0 Å². The Morgan fingerprint density at radius 3 is 2.17 bits per heavy atom. The van der Waals surface area contributed by atoms with Crippen molar-refractivity contribution in [1.82, 2.24) is 5.32 Å². The highest BCUT2D eigenvalue weighted by Crippen LogP contribution is 2.42. The van der Waals surface area contributed by atoms with Crippen molar-refractivity contribution in [2.45, 2.75) is 33.2 Å². The lowest BCUT2D eigenvalue weighted by molar-refractivity contribution is 0.546. The second-order valence-corrected chi connectivity index (χ2v) is 4.13. The Bertz CT molecular complexity index is 205. The van der Waals surface area contributed by atoms with Gasteiger partial charge in [-0.2, -0.15) is 0 Å². The summed E-state index contributed by atoms with van der Waals surface area (Å²) in [4.78, 5) is 0. The molecule has 0 aromatic carbocycles. The minimum absolute atomic E-state index is 0.456. The molecule has 1 aliphatic carbocycles. The van der Waals surface area contributed by atoms with Crippen LogP contribution in [0.4, 0.5) is 0 Å². The van der Waals surface area contributed by atoms with Crippen LogP contribution in [0.1, 0.15) is 27.2 Å². The van der Waals surface area contributed by atoms with Crippen LogP contribution in [0.25, 0.3) is 0 Å². The molecule has 0 aromatic rings. The zero-order valence-electron chi connectivity index (χ0n) is 8.35. The van der Waals surface area contributed by atoms with Crippen molar-refractivity contribution in [3.05, 3.63) is 24.4 Å². The zero-order valence-corrected chi connectivity index (χ0v) is 8.35. The average molecular weight is 165 g/mol. The summed E-state index contributed by atoms with van der Waals surface area (Å²) < 4.78 is 0. The Morgan fingerprint density at radius 1 is 1.42 bits per heavy atom. The summed E-state index contributed by atoms with van der Waals surface area (Å²) in [6.45, 7) is 14.2. The highest BCUT2D eigenvalue weighted by Gasteiger charge is 2.39. The molecule has 0 aliphatic heterocycles. The predicted octanol–water partition coefficient (Wildman–Crippen LogP) is 2.71. The molecule has 1 rings (SSSR count). The number of nitrogens with one attached hydrogen (secondary N) is 1. The van der Waals surface area contributed by atoms with E-state index in [1.54, 1.807) is 0 Å². The molecule has 0 radical (unpaired) electrons. The third kappa shape index (κ3) is 2.13. The minimum atomic E-state index is 0.456. The Kier molecular flexibility index (Phi) is 2.61. The summed E-state index contributed by atoms with van der Waals surface area (Å²) in [5.41, 5.74) is 2.27. The monoisotopic (exact) mass is 165 g/mol. The molecule has 0 heterocycles. The van der Waals surface area contributed by atoms with Crippen LogP contribution < -0.4 is 5.32 Å². The van der Waals surface area contributed by atoms with E-state index in [9.17, 15) is 0 Å². The topological polar surface area (TPSA) is 12.0 Å². The van der Waals surface area contributed by atoms with Crippen LogP contribution in [-0.2, 0) is 0 Å². The van der Waals surface area contributed by atoms with Crippen LogP contribution in [0.15, 0.2) is 24.4 Å². The molecule has 0 aromatic heterocycles. The summed E-state index contributed by atoms with van der Waals surface area (Å²) in [6, 6.07) is 0.456. The first-order chi connectivity index (χ1) is 5.52. The van der Waals surface area contributed by atoms with E-state index in [1.165, 1.54) is 12.0 Å². The first-order valence-corrected chi connectivity index (χ1v) is 4.59. The Hall–Kier alpha value is -0.720. The SMILES string of the molecule is C=C(C)NC(C(=C)C)C1CC1C. The first-order valence-electron chi connectivity index (χ1n) is 4.59. The van der Waals surface area contributed by atoms with E-state index in [2.05, 4.69) is 32.3 Å². The first kappa shape index (κ1) is 9.37. The van der Waals surface area contributed by atoms with Gasteiger partial charge in [0.2, 0.25) is 0 Å². The number of hydrogen-bond acceptors (Lipinski definition) is 1. The van der Waals surface area contributed by atoms with E-state index in [0.717, 1.165) is 17.5 Å². The van der Waals surface area contributed by atoms with Gasteiger partial charge in [-0.1, -0.05) is 25.7 Å². The van der Waals surface area contributed by atoms with Gasteiger partial charge in [0.15, 0.2) is 0 Å². The van der Waals surface area contributed by atoms with Crippen molar-refractivity contribution in [2.24, 2.45) is 11.8 Å². The number of allylic oxidation sites excluding steroid dienone is 1. The van der Waals surface area contributed by atoms with Crippen LogP contribution in [0, 0.1) is 11.8 Å². The van der Waals surface area contributed by atoms with Crippen molar-refractivity contribution in [3.63, 3.8) is 0 Å². The molecule has 0 bridgehead atoms. The van der Waals surface area contributed by atoms with Gasteiger partial charge in [0.1, 0.15) is 0 Å². The fourth-order valence-electron chi connectivity index (χ4n) is 1.68. The van der Waals surface area contributed by atoms with Gasteiger partial charge in [-0.05, 0) is 32.1 Å². The number of hydrogen-bond donors (Lipinski definition) is 1. The summed E-state index contributed by atoms with van der Waals surface area (Å²) in [5, 5.41) is 3.38. The van der Waals surface area contributed by atoms with Crippen molar-refractivity contribution < 1.29 is 0 Å². The number of rotatable bonds is 4. The van der Waals surface area contributed by atoms with Gasteiger partial charge in [0, 0.05) is 11.7 Å². The molecule has 1 aliphatic rings. The molecular weight excluding hydrogens is 146 g/mol. The molecular formula is C11H19N. The lowest BCUT2D eigenvalue weighted by atomic mass is 10.0. The summed E-state index contributed by atoms with van der Waals surface area (Å²) in [6.07, 6.45) is 1.33. The molecule has 0 saturated heterocycles. The lowest BCUT2D eigenvalue weighted by Gasteiger charge is -2.19. The Morgan fingerprint density at radius 2 is 1.92 bits per heavy atom. The fraction of sp³-hybridized carbons (Fsp3) is 0.636. The van der Waals surface area contributed by atoms with Crippen molar-refractivity contribution in [1.29, 1.82) is 0 Å². The molecule has 68 valence electrons. The van der Waals surface area contributed by atoms with Crippen molar-refractivity contribution >= 4 is 0 Å². The lowest BCUT2D eigenvalue weighted by Crippen LogP contribution is -2.30. The highest BCUT2D eigenvalue weighted by molar-refractivity contribution is 5.13. The maximum atomic E-state index is 4.00. The molecule has 1 heteroatoms. The predicted molar refractivity (Wildman–Crippen MR) is 53.8 cm³/mol. The largest absolute Gasteiger partial charge is 0.382 e. The molecule has 3 atom stereocenters. The van der Waals surface area contributed by atoms with Gasteiger partial charge in [0.05, 0.1) is 0 Å². The average Bonchev–Trinajstić information content (AvgIpc) is 2.61. The second-order valence-electron chi connectivity index (χ2n) is 4.13. The molecule has 12 heavy (non-hydrogen) atoms. The normalized spacial score (nSPS) is 29.2. The molecule has 1 fully saturated rings. The third-order valence-corrected chi connectivity index (χ3v) is 2.53. The summed E-state index contributed by atoms with van der Waals surface area (Å²) >= 11 is 0. The van der Waals surface area contributed by atoms with Crippen molar-refractivity contribution in [2.75, 3.05) is 0 Å². The van der Waals surface area contributed by atoms with Crippen LogP contribution in [0.3, 0.4) is 0 Å². The Balaban J connectivity index is 2.50. The van der Waals surface area contributed by atoms with E-state index in [0.29, 0.717) is 6.04 Å². The quantitative estimate of drug-likeness (QED) is 0.632. The highest BCUT2D eigenvalue weighted by atomic mass is 14.9. The molecule has 1 nitrogen and oxygen atoms in total. The summed E-state index contributed by atoms with van der Waals surface area (Å²) in [5.74, 6) is 1.65. The molecule has 1 saturated carbocycles. The third-order valence-electron chi connectivity index (χ3n) is 2.53. The smallest absolute Gasteiger partial charge is 0.0495 e. The molecule has 0 amide bonds. The van der Waals surface area contributed by atoms with Crippen molar-refractivity contribution in [3.8, 4) is 0 Å². The zero-order chi connectivity index (χ0) is 9.30. The maximum Gasteiger partial charge on any atom is 0.0495 e. The van der Waals surface area contributed by atoms with Gasteiger partial charge in [-0.15, -0.1) is 0 Å². The van der Waals surface area contributed by atoms with Gasteiger partial charge in [-0.3, -0.25) is 0 Å². The van der Waals surface area contributed by atoms with E-state index in [-0.39, 0.29) is 0 Å². The second kappa shape index (κ2) is 3.34. The maximum absolute atomic E-state index is 4.00. The van der Waals surface area contributed by atoms with Gasteiger partial charge in [-0.25, -0.2) is 0 Å². The molecule has 1 N–H and O–H groups in total. The van der Waals surface area contributed by atoms with Crippen LogP contribution in [-0.4, -0.2) is 6.04 Å². The molecule has 0 spiro atoms. The van der Waals surface area contributed by atoms with Crippen LogP contribution in [0.5, 0.6) is 0 Å². The standard InChI is InChI=1S/C11H19N/c1-7(2)11(12-8(3)4)10-6-9(10)5/h9-12H,1,3,6H2,2,4-5H3. The van der Waals surface area contributed by atoms with Gasteiger partial charge < -0.3 is 5.32 Å². The summed E-state index contributed by atoms with van der Waals surface area (Å²) in [7, 11) is 0.